The predicted molar refractivity (Wildman–Crippen MR) is 84.5 cm³/mol. The van der Waals surface area contributed by atoms with Gasteiger partial charge in [-0.25, -0.2) is 0 Å². The predicted octanol–water partition coefficient (Wildman–Crippen LogP) is 2.38. The average Bonchev–Trinajstić information content (AvgIpc) is 2.50. The first-order valence-electron chi connectivity index (χ1n) is 7.62. The van der Waals surface area contributed by atoms with Crippen LogP contribution >= 0.6 is 0 Å². The van der Waals surface area contributed by atoms with Gasteiger partial charge in [0, 0.05) is 32.0 Å². The standard InChI is InChI=1S/C18H20N2O2/c21-18(22)17-12-20(13-17)11-16-5-3-14(4-6-16)1-2-15-7-9-19-10-8-15/h3-10,17H,1-2,11-13H2,(H,21,22). The number of carboxylic acids is 1. The summed E-state index contributed by atoms with van der Waals surface area (Å²) in [6.07, 6.45) is 5.70. The first kappa shape index (κ1) is 14.7. The molecule has 114 valence electrons. The highest BCUT2D eigenvalue weighted by atomic mass is 16.4. The monoisotopic (exact) mass is 296 g/mol. The van der Waals surface area contributed by atoms with Crippen molar-refractivity contribution in [3.05, 3.63) is 65.5 Å². The topological polar surface area (TPSA) is 53.4 Å². The molecule has 22 heavy (non-hydrogen) atoms. The van der Waals surface area contributed by atoms with Crippen LogP contribution in [0.1, 0.15) is 16.7 Å². The van der Waals surface area contributed by atoms with Gasteiger partial charge in [-0.1, -0.05) is 24.3 Å². The Morgan fingerprint density at radius 1 is 1.00 bits per heavy atom. The summed E-state index contributed by atoms with van der Waals surface area (Å²) < 4.78 is 0. The molecule has 1 saturated heterocycles. The molecule has 2 heterocycles. The fourth-order valence-electron chi connectivity index (χ4n) is 2.76. The van der Waals surface area contributed by atoms with Gasteiger partial charge in [-0.05, 0) is 41.7 Å². The molecule has 0 amide bonds. The zero-order valence-corrected chi connectivity index (χ0v) is 12.5. The van der Waals surface area contributed by atoms with Gasteiger partial charge in [0.1, 0.15) is 0 Å². The van der Waals surface area contributed by atoms with E-state index in [9.17, 15) is 4.79 Å². The van der Waals surface area contributed by atoms with Crippen molar-refractivity contribution in [2.75, 3.05) is 13.1 Å². The van der Waals surface area contributed by atoms with Crippen molar-refractivity contribution in [3.63, 3.8) is 0 Å². The van der Waals surface area contributed by atoms with Gasteiger partial charge in [-0.15, -0.1) is 0 Å². The molecular formula is C18H20N2O2. The third kappa shape index (κ3) is 3.71. The summed E-state index contributed by atoms with van der Waals surface area (Å²) in [4.78, 5) is 17.0. The largest absolute Gasteiger partial charge is 0.481 e. The van der Waals surface area contributed by atoms with Crippen molar-refractivity contribution in [1.82, 2.24) is 9.88 Å². The second-order valence-electron chi connectivity index (χ2n) is 5.90. The number of carbonyl (C=O) groups is 1. The van der Waals surface area contributed by atoms with E-state index in [4.69, 9.17) is 5.11 Å². The van der Waals surface area contributed by atoms with Crippen molar-refractivity contribution in [2.45, 2.75) is 19.4 Å². The summed E-state index contributed by atoms with van der Waals surface area (Å²) in [6.45, 7) is 2.17. The fourth-order valence-corrected chi connectivity index (χ4v) is 2.76. The van der Waals surface area contributed by atoms with Crippen LogP contribution in [0.5, 0.6) is 0 Å². The Kier molecular flexibility index (Phi) is 4.49. The average molecular weight is 296 g/mol. The number of carboxylic acid groups (broad SMARTS) is 1. The summed E-state index contributed by atoms with van der Waals surface area (Å²) in [5.41, 5.74) is 3.88. The Morgan fingerprint density at radius 3 is 2.14 bits per heavy atom. The lowest BCUT2D eigenvalue weighted by Gasteiger charge is -2.36. The Hall–Kier alpha value is -2.20. The molecule has 0 spiro atoms. The minimum atomic E-state index is -0.678. The molecule has 1 N–H and O–H groups in total. The molecule has 0 atom stereocenters. The van der Waals surface area contributed by atoms with Gasteiger partial charge in [0.25, 0.3) is 0 Å². The number of aryl methyl sites for hydroxylation is 2. The van der Waals surface area contributed by atoms with E-state index in [1.54, 1.807) is 0 Å². The molecule has 3 rings (SSSR count). The van der Waals surface area contributed by atoms with Crippen LogP contribution in [0.3, 0.4) is 0 Å². The summed E-state index contributed by atoms with van der Waals surface area (Å²) in [5.74, 6) is -0.859. The third-order valence-corrected chi connectivity index (χ3v) is 4.19. The number of hydrogen-bond donors (Lipinski definition) is 1. The Morgan fingerprint density at radius 2 is 1.55 bits per heavy atom. The Balaban J connectivity index is 1.47. The highest BCUT2D eigenvalue weighted by Gasteiger charge is 2.31. The molecule has 2 aromatic rings. The minimum absolute atomic E-state index is 0.181. The van der Waals surface area contributed by atoms with Crippen LogP contribution in [0.4, 0.5) is 0 Å². The van der Waals surface area contributed by atoms with Crippen molar-refractivity contribution < 1.29 is 9.90 Å². The SMILES string of the molecule is O=C(O)C1CN(Cc2ccc(CCc3ccncc3)cc2)C1. The molecule has 1 aliphatic rings. The number of aromatic nitrogens is 1. The van der Waals surface area contributed by atoms with Crippen molar-refractivity contribution in [3.8, 4) is 0 Å². The molecule has 4 heteroatoms. The number of hydrogen-bond acceptors (Lipinski definition) is 3. The summed E-state index contributed by atoms with van der Waals surface area (Å²) in [6, 6.07) is 12.7. The minimum Gasteiger partial charge on any atom is -0.481 e. The van der Waals surface area contributed by atoms with E-state index in [0.717, 1.165) is 19.4 Å². The normalized spacial score (nSPS) is 15.5. The second-order valence-corrected chi connectivity index (χ2v) is 5.90. The van der Waals surface area contributed by atoms with Crippen LogP contribution in [-0.2, 0) is 24.2 Å². The van der Waals surface area contributed by atoms with E-state index >= 15 is 0 Å². The molecule has 1 aromatic carbocycles. The van der Waals surface area contributed by atoms with Crippen molar-refractivity contribution >= 4 is 5.97 Å². The van der Waals surface area contributed by atoms with Gasteiger partial charge in [0.05, 0.1) is 5.92 Å². The van der Waals surface area contributed by atoms with E-state index in [-0.39, 0.29) is 5.92 Å². The molecule has 0 unspecified atom stereocenters. The number of pyridine rings is 1. The lowest BCUT2D eigenvalue weighted by atomic mass is 9.99. The molecule has 1 aliphatic heterocycles. The number of rotatable bonds is 6. The Bertz CT molecular complexity index is 619. The van der Waals surface area contributed by atoms with E-state index in [2.05, 4.69) is 46.3 Å². The van der Waals surface area contributed by atoms with Crippen molar-refractivity contribution in [2.24, 2.45) is 5.92 Å². The van der Waals surface area contributed by atoms with E-state index < -0.39 is 5.97 Å². The molecule has 1 fully saturated rings. The van der Waals surface area contributed by atoms with Crippen LogP contribution < -0.4 is 0 Å². The molecule has 0 saturated carbocycles. The molecule has 0 aliphatic carbocycles. The zero-order valence-electron chi connectivity index (χ0n) is 12.5. The van der Waals surface area contributed by atoms with Gasteiger partial charge >= 0.3 is 5.97 Å². The molecular weight excluding hydrogens is 276 g/mol. The van der Waals surface area contributed by atoms with Crippen LogP contribution in [-0.4, -0.2) is 34.0 Å². The molecule has 0 bridgehead atoms. The number of likely N-dealkylation sites (tertiary alicyclic amines) is 1. The quantitative estimate of drug-likeness (QED) is 0.889. The number of benzene rings is 1. The van der Waals surface area contributed by atoms with Crippen LogP contribution in [0.2, 0.25) is 0 Å². The number of aliphatic carboxylic acids is 1. The van der Waals surface area contributed by atoms with Gasteiger partial charge in [0.15, 0.2) is 0 Å². The molecule has 1 aromatic heterocycles. The highest BCUT2D eigenvalue weighted by molar-refractivity contribution is 5.71. The first-order valence-corrected chi connectivity index (χ1v) is 7.62. The summed E-state index contributed by atoms with van der Waals surface area (Å²) in [7, 11) is 0. The highest BCUT2D eigenvalue weighted by Crippen LogP contribution is 2.19. The van der Waals surface area contributed by atoms with Gasteiger partial charge in [-0.2, -0.15) is 0 Å². The van der Waals surface area contributed by atoms with Crippen molar-refractivity contribution in [1.29, 1.82) is 0 Å². The van der Waals surface area contributed by atoms with Gasteiger partial charge < -0.3 is 5.11 Å². The van der Waals surface area contributed by atoms with E-state index in [1.165, 1.54) is 16.7 Å². The summed E-state index contributed by atoms with van der Waals surface area (Å²) in [5, 5.41) is 8.88. The maximum atomic E-state index is 10.8. The zero-order chi connectivity index (χ0) is 15.4. The fraction of sp³-hybridized carbons (Fsp3) is 0.333. The molecule has 4 nitrogen and oxygen atoms in total. The van der Waals surface area contributed by atoms with Gasteiger partial charge in [0.2, 0.25) is 0 Å². The van der Waals surface area contributed by atoms with E-state index in [0.29, 0.717) is 13.1 Å². The maximum Gasteiger partial charge on any atom is 0.309 e. The third-order valence-electron chi connectivity index (χ3n) is 4.19. The van der Waals surface area contributed by atoms with Gasteiger partial charge in [-0.3, -0.25) is 14.7 Å². The lowest BCUT2D eigenvalue weighted by Crippen LogP contribution is -2.49. The Labute approximate surface area is 130 Å². The molecule has 0 radical (unpaired) electrons. The van der Waals surface area contributed by atoms with Crippen LogP contribution in [0.15, 0.2) is 48.8 Å². The summed E-state index contributed by atoms with van der Waals surface area (Å²) >= 11 is 0. The maximum absolute atomic E-state index is 10.8. The number of nitrogens with zero attached hydrogens (tertiary/aromatic N) is 2. The van der Waals surface area contributed by atoms with E-state index in [1.807, 2.05) is 12.4 Å². The second kappa shape index (κ2) is 6.71. The lowest BCUT2D eigenvalue weighted by molar-refractivity contribution is -0.147. The first-order chi connectivity index (χ1) is 10.7. The van der Waals surface area contributed by atoms with Crippen LogP contribution in [0.25, 0.3) is 0 Å². The smallest absolute Gasteiger partial charge is 0.309 e. The van der Waals surface area contributed by atoms with Crippen LogP contribution in [0, 0.1) is 5.92 Å².